The molecule has 1 atom stereocenters. The Morgan fingerprint density at radius 2 is 2.05 bits per heavy atom. The van der Waals surface area contributed by atoms with Crippen molar-refractivity contribution in [1.82, 2.24) is 0 Å². The normalized spacial score (nSPS) is 23.4. The molecule has 4 nitrogen and oxygen atoms in total. The molecule has 2 aliphatic rings. The standard InChI is InChI=1S/C16H14O4/c1-10-8-14(20-16(10)18)19-9-12-7-6-11-4-2-3-5-13(11)15(12)17/h2-5,8-9,14H,6-7H2,1H3/b12-9+. The van der Waals surface area contributed by atoms with Gasteiger partial charge in [-0.25, -0.2) is 4.79 Å². The van der Waals surface area contributed by atoms with Crippen molar-refractivity contribution in [2.75, 3.05) is 0 Å². The van der Waals surface area contributed by atoms with Crippen LogP contribution >= 0.6 is 0 Å². The van der Waals surface area contributed by atoms with Gasteiger partial charge in [0.15, 0.2) is 5.78 Å². The monoisotopic (exact) mass is 270 g/mol. The Kier molecular flexibility index (Phi) is 3.14. The quantitative estimate of drug-likeness (QED) is 0.471. The highest BCUT2D eigenvalue weighted by Crippen LogP contribution is 2.25. The van der Waals surface area contributed by atoms with Crippen molar-refractivity contribution in [1.29, 1.82) is 0 Å². The van der Waals surface area contributed by atoms with Gasteiger partial charge in [-0.3, -0.25) is 4.79 Å². The number of benzene rings is 1. The number of hydrogen-bond acceptors (Lipinski definition) is 4. The fourth-order valence-corrected chi connectivity index (χ4v) is 2.35. The summed E-state index contributed by atoms with van der Waals surface area (Å²) in [5.74, 6) is -0.398. The maximum absolute atomic E-state index is 12.3. The van der Waals surface area contributed by atoms with Crippen molar-refractivity contribution >= 4 is 11.8 Å². The molecule has 1 aliphatic carbocycles. The third-order valence-corrected chi connectivity index (χ3v) is 3.49. The lowest BCUT2D eigenvalue weighted by Gasteiger charge is -2.17. The van der Waals surface area contributed by atoms with Gasteiger partial charge in [0, 0.05) is 22.8 Å². The second-order valence-corrected chi connectivity index (χ2v) is 4.89. The molecule has 0 aromatic heterocycles. The van der Waals surface area contributed by atoms with E-state index in [2.05, 4.69) is 0 Å². The Bertz CT molecular complexity index is 640. The highest BCUT2D eigenvalue weighted by molar-refractivity contribution is 6.10. The number of allylic oxidation sites excluding steroid dienone is 1. The van der Waals surface area contributed by atoms with Crippen molar-refractivity contribution in [3.05, 3.63) is 58.9 Å². The van der Waals surface area contributed by atoms with Crippen molar-refractivity contribution in [2.24, 2.45) is 0 Å². The first-order chi connectivity index (χ1) is 9.65. The van der Waals surface area contributed by atoms with Gasteiger partial charge in [-0.05, 0) is 25.3 Å². The minimum absolute atomic E-state index is 0.0168. The summed E-state index contributed by atoms with van der Waals surface area (Å²) in [7, 11) is 0. The minimum Gasteiger partial charge on any atom is -0.458 e. The van der Waals surface area contributed by atoms with Gasteiger partial charge in [-0.1, -0.05) is 24.3 Å². The van der Waals surface area contributed by atoms with Crippen LogP contribution in [0.15, 0.2) is 47.7 Å². The molecule has 1 aromatic rings. The Morgan fingerprint density at radius 1 is 1.25 bits per heavy atom. The summed E-state index contributed by atoms with van der Waals surface area (Å²) in [6, 6.07) is 7.58. The first-order valence-electron chi connectivity index (χ1n) is 6.51. The zero-order valence-corrected chi connectivity index (χ0v) is 11.1. The summed E-state index contributed by atoms with van der Waals surface area (Å²) in [4.78, 5) is 23.5. The number of cyclic esters (lactones) is 1. The first kappa shape index (κ1) is 12.7. The molecule has 0 spiro atoms. The smallest absolute Gasteiger partial charge is 0.336 e. The topological polar surface area (TPSA) is 52.6 Å². The summed E-state index contributed by atoms with van der Waals surface area (Å²) in [5, 5.41) is 0. The molecular formula is C16H14O4. The van der Waals surface area contributed by atoms with Crippen LogP contribution in [0.5, 0.6) is 0 Å². The van der Waals surface area contributed by atoms with E-state index in [0.29, 0.717) is 17.6 Å². The lowest BCUT2D eigenvalue weighted by Crippen LogP contribution is -2.16. The third-order valence-electron chi connectivity index (χ3n) is 3.49. The summed E-state index contributed by atoms with van der Waals surface area (Å²) >= 11 is 0. The van der Waals surface area contributed by atoms with Crippen LogP contribution in [0.2, 0.25) is 0 Å². The summed E-state index contributed by atoms with van der Waals surface area (Å²) in [6.07, 6.45) is 3.75. The Balaban J connectivity index is 1.75. The van der Waals surface area contributed by atoms with E-state index in [1.54, 1.807) is 13.0 Å². The SMILES string of the molecule is CC1=CC(O/C=C2\CCc3ccccc3C2=O)OC1=O. The summed E-state index contributed by atoms with van der Waals surface area (Å²) in [5.41, 5.74) is 2.92. The van der Waals surface area contributed by atoms with Crippen LogP contribution in [0.1, 0.15) is 29.3 Å². The number of rotatable bonds is 2. The van der Waals surface area contributed by atoms with E-state index in [1.165, 1.54) is 6.26 Å². The van der Waals surface area contributed by atoms with Crippen molar-refractivity contribution in [3.63, 3.8) is 0 Å². The number of Topliss-reactive ketones (excluding diaryl/α,β-unsaturated/α-hetero) is 1. The van der Waals surface area contributed by atoms with Crippen LogP contribution < -0.4 is 0 Å². The van der Waals surface area contributed by atoms with E-state index < -0.39 is 6.29 Å². The van der Waals surface area contributed by atoms with Crippen molar-refractivity contribution in [3.8, 4) is 0 Å². The molecule has 0 fully saturated rings. The molecule has 20 heavy (non-hydrogen) atoms. The molecular weight excluding hydrogens is 256 g/mol. The van der Waals surface area contributed by atoms with Gasteiger partial charge in [0.2, 0.25) is 0 Å². The Morgan fingerprint density at radius 3 is 2.80 bits per heavy atom. The largest absolute Gasteiger partial charge is 0.458 e. The summed E-state index contributed by atoms with van der Waals surface area (Å²) < 4.78 is 10.3. The van der Waals surface area contributed by atoms with E-state index >= 15 is 0 Å². The molecule has 0 radical (unpaired) electrons. The Labute approximate surface area is 116 Å². The van der Waals surface area contributed by atoms with Gasteiger partial charge in [0.05, 0.1) is 6.26 Å². The lowest BCUT2D eigenvalue weighted by molar-refractivity contribution is -0.152. The van der Waals surface area contributed by atoms with Crippen molar-refractivity contribution < 1.29 is 19.1 Å². The summed E-state index contributed by atoms with van der Waals surface area (Å²) in [6.45, 7) is 1.67. The van der Waals surface area contributed by atoms with E-state index in [1.807, 2.05) is 24.3 Å². The van der Waals surface area contributed by atoms with Crippen molar-refractivity contribution in [2.45, 2.75) is 26.1 Å². The minimum atomic E-state index is -0.722. The molecule has 1 heterocycles. The number of aryl methyl sites for hydroxylation is 1. The second kappa shape index (κ2) is 4.96. The van der Waals surface area contributed by atoms with Gasteiger partial charge in [0.1, 0.15) is 0 Å². The molecule has 3 rings (SSSR count). The molecule has 1 unspecified atom stereocenters. The predicted molar refractivity (Wildman–Crippen MR) is 71.9 cm³/mol. The molecule has 1 aliphatic heterocycles. The zero-order chi connectivity index (χ0) is 14.1. The number of ketones is 1. The second-order valence-electron chi connectivity index (χ2n) is 4.89. The molecule has 0 saturated heterocycles. The van der Waals surface area contributed by atoms with Gasteiger partial charge in [-0.15, -0.1) is 0 Å². The number of carbonyl (C=O) groups excluding carboxylic acids is 2. The zero-order valence-electron chi connectivity index (χ0n) is 11.1. The third kappa shape index (κ3) is 2.25. The molecule has 0 N–H and O–H groups in total. The highest BCUT2D eigenvalue weighted by Gasteiger charge is 2.25. The van der Waals surface area contributed by atoms with Crippen LogP contribution in [0, 0.1) is 0 Å². The Hall–Kier alpha value is -2.36. The maximum atomic E-state index is 12.3. The number of carbonyl (C=O) groups is 2. The van der Waals surface area contributed by atoms with Gasteiger partial charge in [0.25, 0.3) is 6.29 Å². The van der Waals surface area contributed by atoms with E-state index in [0.717, 1.165) is 17.5 Å². The molecule has 0 saturated carbocycles. The van der Waals surface area contributed by atoms with Gasteiger partial charge in [-0.2, -0.15) is 0 Å². The van der Waals surface area contributed by atoms with Crippen LogP contribution in [0.3, 0.4) is 0 Å². The molecule has 102 valence electrons. The van der Waals surface area contributed by atoms with Gasteiger partial charge < -0.3 is 9.47 Å². The van der Waals surface area contributed by atoms with Crippen LogP contribution in [0.4, 0.5) is 0 Å². The fourth-order valence-electron chi connectivity index (χ4n) is 2.35. The molecule has 4 heteroatoms. The van der Waals surface area contributed by atoms with Gasteiger partial charge >= 0.3 is 5.97 Å². The van der Waals surface area contributed by atoms with E-state index in [9.17, 15) is 9.59 Å². The highest BCUT2D eigenvalue weighted by atomic mass is 16.7. The maximum Gasteiger partial charge on any atom is 0.336 e. The number of fused-ring (bicyclic) bond motifs is 1. The molecule has 0 bridgehead atoms. The van der Waals surface area contributed by atoms with Crippen LogP contribution in [-0.2, 0) is 20.7 Å². The molecule has 0 amide bonds. The lowest BCUT2D eigenvalue weighted by atomic mass is 9.87. The number of ether oxygens (including phenoxy) is 2. The molecule has 1 aromatic carbocycles. The average molecular weight is 270 g/mol. The number of esters is 1. The van der Waals surface area contributed by atoms with E-state index in [-0.39, 0.29) is 11.8 Å². The average Bonchev–Trinajstić information content (AvgIpc) is 2.77. The first-order valence-corrected chi connectivity index (χ1v) is 6.51. The predicted octanol–water partition coefficient (Wildman–Crippen LogP) is 2.55. The van der Waals surface area contributed by atoms with Crippen LogP contribution in [0.25, 0.3) is 0 Å². The number of hydrogen-bond donors (Lipinski definition) is 0. The van der Waals surface area contributed by atoms with E-state index in [4.69, 9.17) is 9.47 Å². The van der Waals surface area contributed by atoms with Crippen LogP contribution in [-0.4, -0.2) is 18.0 Å². The fraction of sp³-hybridized carbons (Fsp3) is 0.250.